The molecule has 3 heterocycles. The zero-order chi connectivity index (χ0) is 18.8. The lowest BCUT2D eigenvalue weighted by molar-refractivity contribution is -0.130. The molecule has 6 nitrogen and oxygen atoms in total. The lowest BCUT2D eigenvalue weighted by Gasteiger charge is -2.24. The fourth-order valence-electron chi connectivity index (χ4n) is 4.02. The number of ether oxygens (including phenoxy) is 1. The molecular weight excluding hydrogens is 378 g/mol. The Morgan fingerprint density at radius 2 is 1.96 bits per heavy atom. The molecule has 2 fully saturated rings. The predicted molar refractivity (Wildman–Crippen MR) is 109 cm³/mol. The maximum atomic E-state index is 12.7. The van der Waals surface area contributed by atoms with Gasteiger partial charge in [-0.2, -0.15) is 0 Å². The van der Waals surface area contributed by atoms with Gasteiger partial charge in [0.25, 0.3) is 0 Å². The van der Waals surface area contributed by atoms with E-state index in [1.807, 2.05) is 43.0 Å². The summed E-state index contributed by atoms with van der Waals surface area (Å²) in [5.41, 5.74) is 2.86. The number of aromatic nitrogens is 1. The van der Waals surface area contributed by atoms with Gasteiger partial charge in [0.15, 0.2) is 0 Å². The lowest BCUT2D eigenvalue weighted by atomic mass is 10.1. The first-order valence-electron chi connectivity index (χ1n) is 9.76. The number of aryl methyl sites for hydroxylation is 2. The summed E-state index contributed by atoms with van der Waals surface area (Å²) >= 11 is 0. The molecule has 28 heavy (non-hydrogen) atoms. The van der Waals surface area contributed by atoms with E-state index in [0.717, 1.165) is 47.8 Å². The van der Waals surface area contributed by atoms with E-state index in [4.69, 9.17) is 9.26 Å². The number of benzene rings is 1. The second-order valence-electron chi connectivity index (χ2n) is 7.68. The normalized spacial score (nSPS) is 21.1. The summed E-state index contributed by atoms with van der Waals surface area (Å²) in [6.45, 7) is 5.94. The predicted octanol–water partition coefficient (Wildman–Crippen LogP) is 3.19. The second kappa shape index (κ2) is 8.97. The first-order valence-corrected chi connectivity index (χ1v) is 9.76. The number of likely N-dealkylation sites (tertiary alicyclic amines) is 1. The van der Waals surface area contributed by atoms with Crippen LogP contribution in [-0.2, 0) is 17.8 Å². The van der Waals surface area contributed by atoms with E-state index in [1.54, 1.807) is 0 Å². The molecule has 2 aliphatic heterocycles. The Kier molecular flexibility index (Phi) is 6.62. The minimum absolute atomic E-state index is 0. The highest BCUT2D eigenvalue weighted by molar-refractivity contribution is 5.85. The number of amides is 1. The van der Waals surface area contributed by atoms with Crippen molar-refractivity contribution in [2.75, 3.05) is 13.1 Å². The lowest BCUT2D eigenvalue weighted by Crippen LogP contribution is -2.39. The van der Waals surface area contributed by atoms with Crippen molar-refractivity contribution >= 4 is 18.3 Å². The van der Waals surface area contributed by atoms with Crippen LogP contribution in [0.5, 0.6) is 5.75 Å². The van der Waals surface area contributed by atoms with Gasteiger partial charge in [-0.25, -0.2) is 0 Å². The van der Waals surface area contributed by atoms with Crippen LogP contribution < -0.4 is 10.1 Å². The highest BCUT2D eigenvalue weighted by Gasteiger charge is 2.30. The smallest absolute Gasteiger partial charge is 0.227 e. The summed E-state index contributed by atoms with van der Waals surface area (Å²) in [7, 11) is 0. The number of nitrogens with one attached hydrogen (secondary N) is 1. The van der Waals surface area contributed by atoms with Crippen molar-refractivity contribution in [3.8, 4) is 5.75 Å². The van der Waals surface area contributed by atoms with Crippen LogP contribution in [0.3, 0.4) is 0 Å². The van der Waals surface area contributed by atoms with Crippen LogP contribution in [0.15, 0.2) is 28.8 Å². The van der Waals surface area contributed by atoms with Crippen molar-refractivity contribution in [3.63, 3.8) is 0 Å². The van der Waals surface area contributed by atoms with Crippen LogP contribution in [0.25, 0.3) is 0 Å². The minimum atomic E-state index is 0. The number of carbonyl (C=O) groups is 1. The topological polar surface area (TPSA) is 67.6 Å². The highest BCUT2D eigenvalue weighted by atomic mass is 35.5. The van der Waals surface area contributed by atoms with Crippen LogP contribution in [0.4, 0.5) is 0 Å². The van der Waals surface area contributed by atoms with Crippen molar-refractivity contribution in [1.29, 1.82) is 0 Å². The van der Waals surface area contributed by atoms with Gasteiger partial charge < -0.3 is 19.5 Å². The van der Waals surface area contributed by atoms with Gasteiger partial charge in [-0.15, -0.1) is 12.4 Å². The Labute approximate surface area is 172 Å². The van der Waals surface area contributed by atoms with E-state index in [2.05, 4.69) is 10.5 Å². The maximum absolute atomic E-state index is 12.7. The van der Waals surface area contributed by atoms with Gasteiger partial charge in [-0.1, -0.05) is 17.3 Å². The molecule has 152 valence electrons. The fourth-order valence-corrected chi connectivity index (χ4v) is 4.02. The van der Waals surface area contributed by atoms with E-state index in [1.165, 1.54) is 12.8 Å². The van der Waals surface area contributed by atoms with Crippen LogP contribution in [0.1, 0.15) is 41.8 Å². The Hall–Kier alpha value is -2.05. The minimum Gasteiger partial charge on any atom is -0.489 e. The third-order valence-electron chi connectivity index (χ3n) is 5.72. The van der Waals surface area contributed by atoms with Crippen molar-refractivity contribution < 1.29 is 14.1 Å². The second-order valence-corrected chi connectivity index (χ2v) is 7.68. The molecule has 0 radical (unpaired) electrons. The van der Waals surface area contributed by atoms with Crippen molar-refractivity contribution in [2.24, 2.45) is 0 Å². The first-order chi connectivity index (χ1) is 13.1. The Morgan fingerprint density at radius 3 is 2.68 bits per heavy atom. The van der Waals surface area contributed by atoms with Crippen molar-refractivity contribution in [2.45, 2.75) is 58.2 Å². The molecule has 1 N–H and O–H groups in total. The number of hydrogen-bond acceptors (Lipinski definition) is 5. The third-order valence-corrected chi connectivity index (χ3v) is 5.72. The van der Waals surface area contributed by atoms with E-state index in [0.29, 0.717) is 25.1 Å². The van der Waals surface area contributed by atoms with Crippen LogP contribution in [0.2, 0.25) is 0 Å². The molecule has 0 saturated carbocycles. The molecular formula is C21H28ClN3O3. The first kappa shape index (κ1) is 20.7. The molecule has 2 aromatic rings. The highest BCUT2D eigenvalue weighted by Crippen LogP contribution is 2.22. The quantitative estimate of drug-likeness (QED) is 0.827. The molecule has 0 aliphatic carbocycles. The zero-order valence-electron chi connectivity index (χ0n) is 16.4. The fraction of sp³-hybridized carbons (Fsp3) is 0.524. The molecule has 1 aromatic carbocycles. The Balaban J connectivity index is 0.00000225. The van der Waals surface area contributed by atoms with Gasteiger partial charge in [0.2, 0.25) is 5.91 Å². The number of fused-ring (bicyclic) bond motifs is 2. The largest absolute Gasteiger partial charge is 0.489 e. The van der Waals surface area contributed by atoms with Gasteiger partial charge in [-0.05, 0) is 50.8 Å². The molecule has 1 aromatic heterocycles. The van der Waals surface area contributed by atoms with E-state index in [-0.39, 0.29) is 18.3 Å². The summed E-state index contributed by atoms with van der Waals surface area (Å²) < 4.78 is 11.0. The molecule has 0 spiro atoms. The van der Waals surface area contributed by atoms with Gasteiger partial charge in [0.05, 0.1) is 17.7 Å². The van der Waals surface area contributed by atoms with Crippen molar-refractivity contribution in [1.82, 2.24) is 15.4 Å². The number of nitrogens with zero attached hydrogens (tertiary/aromatic N) is 2. The summed E-state index contributed by atoms with van der Waals surface area (Å²) in [5, 5.41) is 7.56. The van der Waals surface area contributed by atoms with Gasteiger partial charge in [0, 0.05) is 25.2 Å². The molecule has 2 bridgehead atoms. The summed E-state index contributed by atoms with van der Waals surface area (Å²) in [5.74, 6) is 1.78. The molecule has 7 heteroatoms. The molecule has 2 saturated heterocycles. The van der Waals surface area contributed by atoms with Gasteiger partial charge in [-0.3, -0.25) is 4.79 Å². The van der Waals surface area contributed by atoms with E-state index in [9.17, 15) is 4.79 Å². The monoisotopic (exact) mass is 405 g/mol. The average Bonchev–Trinajstić information content (AvgIpc) is 3.15. The van der Waals surface area contributed by atoms with Gasteiger partial charge in [0.1, 0.15) is 18.1 Å². The standard InChI is InChI=1S/C21H27N3O3.ClH/c1-14-20(15(2)27-23-14)13-26-19-7-3-16(4-8-19)11-21(25)24-10-9-17-5-6-18(12-24)22-17;/h3-4,7-8,17-18,22H,5-6,9-13H2,1-2H3;1H. The Bertz CT molecular complexity index is 786. The summed E-state index contributed by atoms with van der Waals surface area (Å²) in [6, 6.07) is 8.87. The Morgan fingerprint density at radius 1 is 1.21 bits per heavy atom. The number of halogens is 1. The third kappa shape index (κ3) is 4.67. The molecule has 2 atom stereocenters. The molecule has 2 unspecified atom stereocenters. The summed E-state index contributed by atoms with van der Waals surface area (Å²) in [6.07, 6.45) is 3.95. The SMILES string of the molecule is Cc1noc(C)c1COc1ccc(CC(=O)N2CCC3CCC(C2)N3)cc1.Cl. The van der Waals surface area contributed by atoms with E-state index >= 15 is 0 Å². The number of rotatable bonds is 5. The zero-order valence-corrected chi connectivity index (χ0v) is 17.3. The number of carbonyl (C=O) groups excluding carboxylic acids is 1. The van der Waals surface area contributed by atoms with Crippen LogP contribution >= 0.6 is 12.4 Å². The average molecular weight is 406 g/mol. The maximum Gasteiger partial charge on any atom is 0.227 e. The van der Waals surface area contributed by atoms with Crippen molar-refractivity contribution in [3.05, 3.63) is 46.8 Å². The van der Waals surface area contributed by atoms with E-state index < -0.39 is 0 Å². The van der Waals surface area contributed by atoms with Gasteiger partial charge >= 0.3 is 0 Å². The molecule has 4 rings (SSSR count). The number of hydrogen-bond donors (Lipinski definition) is 1. The summed E-state index contributed by atoms with van der Waals surface area (Å²) in [4.78, 5) is 14.7. The molecule has 2 aliphatic rings. The van der Waals surface area contributed by atoms with Crippen LogP contribution in [0, 0.1) is 13.8 Å². The van der Waals surface area contributed by atoms with Crippen LogP contribution in [-0.4, -0.2) is 41.1 Å². The molecule has 1 amide bonds.